The SMILES string of the molecule is CCCc1cc(C(O)(C(F)(F)F)C(F)(F)F)c2c(c1OCCCCN1C(=O)NC(CC)(C3C=CC4=C(C3)OCCO4)C1=O)CCC2. The summed E-state index contributed by atoms with van der Waals surface area (Å²) in [5.41, 5.74) is -7.10. The highest BCUT2D eigenvalue weighted by atomic mass is 19.4. The summed E-state index contributed by atoms with van der Waals surface area (Å²) >= 11 is 0. The second kappa shape index (κ2) is 12.6. The summed E-state index contributed by atoms with van der Waals surface area (Å²) in [4.78, 5) is 27.7. The Balaban J connectivity index is 1.27. The average Bonchev–Trinajstić information content (AvgIpc) is 3.59. The highest BCUT2D eigenvalue weighted by molar-refractivity contribution is 6.07. The van der Waals surface area contributed by atoms with E-state index >= 15 is 0 Å². The number of nitrogens with one attached hydrogen (secondary N) is 1. The zero-order valence-corrected chi connectivity index (χ0v) is 25.7. The molecule has 1 aromatic carbocycles. The van der Waals surface area contributed by atoms with Gasteiger partial charge in [-0.15, -0.1) is 0 Å². The monoisotopic (exact) mass is 660 g/mol. The number of ether oxygens (including phenoxy) is 3. The third kappa shape index (κ3) is 5.70. The predicted octanol–water partition coefficient (Wildman–Crippen LogP) is 6.13. The summed E-state index contributed by atoms with van der Waals surface area (Å²) in [6, 6.07) is 0.285. The number of aryl methyl sites for hydroxylation is 1. The van der Waals surface area contributed by atoms with Crippen LogP contribution in [0.3, 0.4) is 0 Å². The van der Waals surface area contributed by atoms with E-state index in [4.69, 9.17) is 14.2 Å². The van der Waals surface area contributed by atoms with Crippen LogP contribution in [0, 0.1) is 5.92 Å². The van der Waals surface area contributed by atoms with Crippen LogP contribution in [0.4, 0.5) is 31.1 Å². The number of unbranched alkanes of at least 4 members (excludes halogenated alkanes) is 1. The molecule has 0 bridgehead atoms. The Bertz CT molecular complexity index is 1410. The minimum Gasteiger partial charge on any atom is -0.493 e. The zero-order valence-electron chi connectivity index (χ0n) is 25.7. The van der Waals surface area contributed by atoms with Gasteiger partial charge < -0.3 is 24.6 Å². The minimum absolute atomic E-state index is 0.0544. The Morgan fingerprint density at radius 3 is 2.41 bits per heavy atom. The van der Waals surface area contributed by atoms with Gasteiger partial charge in [0, 0.05) is 24.4 Å². The highest BCUT2D eigenvalue weighted by Gasteiger charge is 2.72. The molecule has 0 spiro atoms. The Morgan fingerprint density at radius 1 is 1.04 bits per heavy atom. The fourth-order valence-electron chi connectivity index (χ4n) is 6.96. The van der Waals surface area contributed by atoms with Gasteiger partial charge in [0.1, 0.15) is 30.3 Å². The first-order chi connectivity index (χ1) is 21.7. The Labute approximate surface area is 262 Å². The van der Waals surface area contributed by atoms with Crippen molar-refractivity contribution in [2.24, 2.45) is 5.92 Å². The van der Waals surface area contributed by atoms with Crippen LogP contribution in [0.15, 0.2) is 29.7 Å². The Hall–Kier alpha value is -3.42. The van der Waals surface area contributed by atoms with Gasteiger partial charge in [0.25, 0.3) is 11.5 Å². The first-order valence-corrected chi connectivity index (χ1v) is 15.7. The third-order valence-corrected chi connectivity index (χ3v) is 9.35. The van der Waals surface area contributed by atoms with Gasteiger partial charge in [-0.1, -0.05) is 26.3 Å². The fourth-order valence-corrected chi connectivity index (χ4v) is 6.96. The predicted molar refractivity (Wildman–Crippen MR) is 153 cm³/mol. The van der Waals surface area contributed by atoms with E-state index in [1.54, 1.807) is 13.0 Å². The lowest BCUT2D eigenvalue weighted by Crippen LogP contribution is -2.54. The van der Waals surface area contributed by atoms with Crippen molar-refractivity contribution in [3.05, 3.63) is 52.0 Å². The second-order valence-corrected chi connectivity index (χ2v) is 12.1. The summed E-state index contributed by atoms with van der Waals surface area (Å²) in [6.45, 7) is 4.57. The largest absolute Gasteiger partial charge is 0.493 e. The summed E-state index contributed by atoms with van der Waals surface area (Å²) in [5.74, 6) is 0.833. The molecule has 2 atom stereocenters. The number of allylic oxidation sites excluding steroid dienone is 2. The molecule has 0 radical (unpaired) electrons. The van der Waals surface area contributed by atoms with Crippen molar-refractivity contribution in [3.8, 4) is 5.75 Å². The molecule has 1 fully saturated rings. The number of benzene rings is 1. The molecule has 2 aliphatic heterocycles. The molecule has 0 saturated carbocycles. The number of alkyl halides is 6. The van der Waals surface area contributed by atoms with Gasteiger partial charge in [-0.25, -0.2) is 4.79 Å². The number of hydrogen-bond acceptors (Lipinski definition) is 6. The fraction of sp³-hybridized carbons (Fsp3) is 0.625. The first-order valence-electron chi connectivity index (χ1n) is 15.7. The molecular weight excluding hydrogens is 622 g/mol. The standard InChI is InChI=1S/C32H38F6N2O6/c1-3-8-19-17-23(30(43,31(33,34)35)32(36,37)38)21-9-7-10-22(21)26(19)46-14-6-5-13-40-27(41)29(4-2,39-28(40)42)20-11-12-24-25(18-20)45-16-15-44-24/h11-12,17,20,43H,3-10,13-16,18H2,1-2H3,(H,39,42). The van der Waals surface area contributed by atoms with E-state index in [0.29, 0.717) is 63.3 Å². The molecule has 8 nitrogen and oxygen atoms in total. The number of rotatable bonds is 11. The van der Waals surface area contributed by atoms with E-state index in [1.807, 2.05) is 13.0 Å². The van der Waals surface area contributed by atoms with E-state index in [9.17, 15) is 41.0 Å². The zero-order chi connectivity index (χ0) is 33.5. The Morgan fingerprint density at radius 2 is 1.74 bits per heavy atom. The molecule has 5 rings (SSSR count). The van der Waals surface area contributed by atoms with Gasteiger partial charge in [0.05, 0.1) is 6.61 Å². The van der Waals surface area contributed by atoms with E-state index in [-0.39, 0.29) is 66.7 Å². The maximum absolute atomic E-state index is 13.8. The molecule has 2 unspecified atom stereocenters. The van der Waals surface area contributed by atoms with Crippen LogP contribution in [0.1, 0.15) is 74.6 Å². The van der Waals surface area contributed by atoms with Crippen LogP contribution in [0.2, 0.25) is 0 Å². The molecule has 1 saturated heterocycles. The number of urea groups is 1. The molecule has 14 heteroatoms. The number of nitrogens with zero attached hydrogens (tertiary/aromatic N) is 1. The van der Waals surface area contributed by atoms with Gasteiger partial charge in [0.2, 0.25) is 0 Å². The molecule has 2 N–H and O–H groups in total. The maximum atomic E-state index is 13.8. The van der Waals surface area contributed by atoms with Crippen LogP contribution < -0.4 is 10.1 Å². The molecule has 1 aromatic rings. The maximum Gasteiger partial charge on any atom is 0.430 e. The van der Waals surface area contributed by atoms with Crippen molar-refractivity contribution in [1.82, 2.24) is 10.2 Å². The quantitative estimate of drug-likeness (QED) is 0.168. The van der Waals surface area contributed by atoms with Gasteiger partial charge >= 0.3 is 18.4 Å². The van der Waals surface area contributed by atoms with E-state index in [0.717, 1.165) is 6.07 Å². The van der Waals surface area contributed by atoms with E-state index in [2.05, 4.69) is 5.32 Å². The van der Waals surface area contributed by atoms with Crippen molar-refractivity contribution < 1.29 is 55.2 Å². The summed E-state index contributed by atoms with van der Waals surface area (Å²) in [5, 5.41) is 13.1. The normalized spacial score (nSPS) is 23.2. The number of fused-ring (bicyclic) bond motifs is 1. The van der Waals surface area contributed by atoms with E-state index < -0.39 is 35.1 Å². The molecule has 4 aliphatic rings. The smallest absolute Gasteiger partial charge is 0.430 e. The van der Waals surface area contributed by atoms with E-state index in [1.165, 1.54) is 4.90 Å². The number of halogens is 6. The molecule has 2 heterocycles. The van der Waals surface area contributed by atoms with Crippen molar-refractivity contribution >= 4 is 11.9 Å². The van der Waals surface area contributed by atoms with Crippen LogP contribution in [0.5, 0.6) is 5.75 Å². The van der Waals surface area contributed by atoms with Crippen LogP contribution >= 0.6 is 0 Å². The summed E-state index contributed by atoms with van der Waals surface area (Å²) in [6.07, 6.45) is -5.81. The van der Waals surface area contributed by atoms with Crippen molar-refractivity contribution in [2.75, 3.05) is 26.4 Å². The lowest BCUT2D eigenvalue weighted by atomic mass is 9.77. The molecule has 46 heavy (non-hydrogen) atoms. The number of hydrogen-bond donors (Lipinski definition) is 2. The Kier molecular flexibility index (Phi) is 9.33. The van der Waals surface area contributed by atoms with Crippen LogP contribution in [-0.4, -0.2) is 66.2 Å². The summed E-state index contributed by atoms with van der Waals surface area (Å²) < 4.78 is 100. The van der Waals surface area contributed by atoms with Gasteiger partial charge in [-0.2, -0.15) is 26.3 Å². The number of imide groups is 1. The number of aliphatic hydroxyl groups is 1. The van der Waals surface area contributed by atoms with Gasteiger partial charge in [-0.3, -0.25) is 9.69 Å². The van der Waals surface area contributed by atoms with Crippen LogP contribution in [-0.2, 0) is 39.1 Å². The highest BCUT2D eigenvalue weighted by Crippen LogP contribution is 2.53. The average molecular weight is 661 g/mol. The molecule has 2 aliphatic carbocycles. The topological polar surface area (TPSA) is 97.3 Å². The van der Waals surface area contributed by atoms with Gasteiger partial charge in [0.15, 0.2) is 5.76 Å². The molecule has 254 valence electrons. The number of carbonyl (C=O) groups is 2. The van der Waals surface area contributed by atoms with Crippen molar-refractivity contribution in [3.63, 3.8) is 0 Å². The molecule has 0 aromatic heterocycles. The second-order valence-electron chi connectivity index (χ2n) is 12.1. The van der Waals surface area contributed by atoms with Crippen LogP contribution in [0.25, 0.3) is 0 Å². The number of amides is 3. The van der Waals surface area contributed by atoms with Gasteiger partial charge in [-0.05, 0) is 73.8 Å². The summed E-state index contributed by atoms with van der Waals surface area (Å²) in [7, 11) is 0. The third-order valence-electron chi connectivity index (χ3n) is 9.35. The minimum atomic E-state index is -5.98. The lowest BCUT2D eigenvalue weighted by molar-refractivity contribution is -0.376. The van der Waals surface area contributed by atoms with Crippen molar-refractivity contribution in [1.29, 1.82) is 0 Å². The molecule has 3 amide bonds. The molecular formula is C32H38F6N2O6. The van der Waals surface area contributed by atoms with Crippen molar-refractivity contribution in [2.45, 2.75) is 95.1 Å². The number of carbonyl (C=O) groups excluding carboxylic acids is 2. The lowest BCUT2D eigenvalue weighted by Gasteiger charge is -2.36. The first kappa shape index (κ1) is 33.9.